The van der Waals surface area contributed by atoms with E-state index in [2.05, 4.69) is 102 Å². The second-order valence-corrected chi connectivity index (χ2v) is 12.9. The van der Waals surface area contributed by atoms with Gasteiger partial charge in [-0.05, 0) is 65.6 Å². The number of para-hydroxylation sites is 1. The number of nitrogens with zero attached hydrogens (tertiary/aromatic N) is 5. The lowest BCUT2D eigenvalue weighted by Crippen LogP contribution is -2.02. The molecule has 2 heterocycles. The van der Waals surface area contributed by atoms with E-state index >= 15 is 0 Å². The molecule has 0 bridgehead atoms. The van der Waals surface area contributed by atoms with Crippen LogP contribution < -0.4 is 0 Å². The summed E-state index contributed by atoms with van der Waals surface area (Å²) >= 11 is 0. The van der Waals surface area contributed by atoms with Gasteiger partial charge in [-0.25, -0.2) is 15.0 Å². The van der Waals surface area contributed by atoms with Crippen molar-refractivity contribution in [3.05, 3.63) is 181 Å². The molecule has 0 saturated carbocycles. The first-order valence-corrected chi connectivity index (χ1v) is 17.3. The third-order valence-corrected chi connectivity index (χ3v) is 9.56. The Hall–Kier alpha value is -7.16. The van der Waals surface area contributed by atoms with Gasteiger partial charge in [-0.3, -0.25) is 0 Å². The van der Waals surface area contributed by atoms with Gasteiger partial charge in [0.1, 0.15) is 0 Å². The van der Waals surface area contributed by atoms with Gasteiger partial charge in [0.15, 0.2) is 17.5 Å². The van der Waals surface area contributed by atoms with Crippen molar-refractivity contribution >= 4 is 21.8 Å². The van der Waals surface area contributed by atoms with Gasteiger partial charge in [-0.2, -0.15) is 5.26 Å². The first kappa shape index (κ1) is 30.9. The van der Waals surface area contributed by atoms with E-state index in [1.54, 1.807) is 0 Å². The summed E-state index contributed by atoms with van der Waals surface area (Å²) in [6.07, 6.45) is 0. The van der Waals surface area contributed by atoms with Crippen molar-refractivity contribution in [2.75, 3.05) is 0 Å². The van der Waals surface area contributed by atoms with Gasteiger partial charge in [-0.1, -0.05) is 139 Å². The number of nitriles is 1. The fraction of sp³-hybridized carbons (Fsp3) is 0.0213. The summed E-state index contributed by atoms with van der Waals surface area (Å²) in [7, 11) is 0. The molecule has 7 aromatic carbocycles. The smallest absolute Gasteiger partial charge is 0.164 e. The van der Waals surface area contributed by atoms with Gasteiger partial charge >= 0.3 is 0 Å². The van der Waals surface area contributed by atoms with Crippen LogP contribution >= 0.6 is 0 Å². The fourth-order valence-electron chi connectivity index (χ4n) is 7.10. The van der Waals surface area contributed by atoms with Crippen LogP contribution in [0.2, 0.25) is 0 Å². The Kier molecular flexibility index (Phi) is 7.68. The monoisotopic (exact) mass is 665 g/mol. The molecule has 0 aliphatic rings. The molecule has 5 nitrogen and oxygen atoms in total. The number of hydrogen-bond acceptors (Lipinski definition) is 4. The van der Waals surface area contributed by atoms with Crippen molar-refractivity contribution < 1.29 is 0 Å². The van der Waals surface area contributed by atoms with Crippen molar-refractivity contribution in [1.29, 1.82) is 5.26 Å². The molecule has 244 valence electrons. The van der Waals surface area contributed by atoms with Gasteiger partial charge < -0.3 is 4.57 Å². The van der Waals surface area contributed by atoms with Crippen LogP contribution in [0.1, 0.15) is 11.1 Å². The summed E-state index contributed by atoms with van der Waals surface area (Å²) in [4.78, 5) is 15.3. The molecule has 0 saturated heterocycles. The average Bonchev–Trinajstić information content (AvgIpc) is 3.55. The molecule has 9 rings (SSSR count). The van der Waals surface area contributed by atoms with E-state index < -0.39 is 0 Å². The zero-order valence-corrected chi connectivity index (χ0v) is 28.4. The molecule has 0 atom stereocenters. The third-order valence-electron chi connectivity index (χ3n) is 9.56. The Morgan fingerprint density at radius 3 is 1.79 bits per heavy atom. The van der Waals surface area contributed by atoms with Crippen LogP contribution in [0.5, 0.6) is 0 Å². The van der Waals surface area contributed by atoms with Crippen LogP contribution in [-0.4, -0.2) is 19.5 Å². The first-order chi connectivity index (χ1) is 25.6. The molecule has 5 heteroatoms. The highest BCUT2D eigenvalue weighted by Crippen LogP contribution is 2.39. The molecule has 52 heavy (non-hydrogen) atoms. The molecule has 0 unspecified atom stereocenters. The van der Waals surface area contributed by atoms with Gasteiger partial charge in [-0.15, -0.1) is 0 Å². The molecule has 9 aromatic rings. The van der Waals surface area contributed by atoms with Gasteiger partial charge in [0, 0.05) is 33.2 Å². The molecule has 0 amide bonds. The summed E-state index contributed by atoms with van der Waals surface area (Å²) in [6, 6.07) is 60.4. The minimum absolute atomic E-state index is 0.599. The Balaban J connectivity index is 1.31. The second-order valence-electron chi connectivity index (χ2n) is 12.9. The zero-order valence-electron chi connectivity index (χ0n) is 28.4. The highest BCUT2D eigenvalue weighted by molar-refractivity contribution is 6.10. The maximum Gasteiger partial charge on any atom is 0.164 e. The Morgan fingerprint density at radius 2 is 1.06 bits per heavy atom. The molecule has 0 aliphatic carbocycles. The van der Waals surface area contributed by atoms with E-state index in [0.717, 1.165) is 66.4 Å². The van der Waals surface area contributed by atoms with Gasteiger partial charge in [0.25, 0.3) is 0 Å². The lowest BCUT2D eigenvalue weighted by molar-refractivity contribution is 1.07. The van der Waals surface area contributed by atoms with E-state index in [1.807, 2.05) is 84.9 Å². The van der Waals surface area contributed by atoms with Gasteiger partial charge in [0.05, 0.1) is 22.7 Å². The van der Waals surface area contributed by atoms with Crippen molar-refractivity contribution in [3.63, 3.8) is 0 Å². The Bertz CT molecular complexity index is 2750. The molecule has 0 spiro atoms. The predicted octanol–water partition coefficient (Wildman–Crippen LogP) is 11.5. The van der Waals surface area contributed by atoms with Crippen molar-refractivity contribution in [3.8, 4) is 68.2 Å². The van der Waals surface area contributed by atoms with Crippen LogP contribution in [0.15, 0.2) is 170 Å². The van der Waals surface area contributed by atoms with E-state index in [-0.39, 0.29) is 0 Å². The highest BCUT2D eigenvalue weighted by Gasteiger charge is 2.19. The SMILES string of the molecule is Cc1cccc(-c2ccc(-n3c4ccccc4c4cc(-c5ccccc5C#N)ccc43)cc2-c2nc(-c3ccccc3)nc(-c3ccccc3)n2)c1. The minimum Gasteiger partial charge on any atom is -0.309 e. The largest absolute Gasteiger partial charge is 0.309 e. The molecule has 0 aliphatic heterocycles. The molecule has 2 aromatic heterocycles. The normalized spacial score (nSPS) is 11.2. The molecule has 0 N–H and O–H groups in total. The van der Waals surface area contributed by atoms with Crippen molar-refractivity contribution in [2.45, 2.75) is 6.92 Å². The lowest BCUT2D eigenvalue weighted by Gasteiger charge is -2.16. The summed E-state index contributed by atoms with van der Waals surface area (Å²) in [5.41, 5.74) is 11.8. The van der Waals surface area contributed by atoms with Gasteiger partial charge in [0.2, 0.25) is 0 Å². The van der Waals surface area contributed by atoms with Crippen molar-refractivity contribution in [1.82, 2.24) is 19.5 Å². The third kappa shape index (κ3) is 5.49. The number of fused-ring (bicyclic) bond motifs is 3. The van der Waals surface area contributed by atoms with E-state index in [0.29, 0.717) is 23.0 Å². The van der Waals surface area contributed by atoms with Crippen molar-refractivity contribution in [2.24, 2.45) is 0 Å². The second kappa shape index (κ2) is 12.9. The van der Waals surface area contributed by atoms with Crippen LogP contribution in [0.25, 0.3) is 83.9 Å². The van der Waals surface area contributed by atoms with E-state index in [9.17, 15) is 5.26 Å². The number of aryl methyl sites for hydroxylation is 1. The number of benzene rings is 7. The first-order valence-electron chi connectivity index (χ1n) is 17.3. The molecule has 0 radical (unpaired) electrons. The quantitative estimate of drug-likeness (QED) is 0.177. The zero-order chi connectivity index (χ0) is 35.0. The summed E-state index contributed by atoms with van der Waals surface area (Å²) in [6.45, 7) is 2.11. The minimum atomic E-state index is 0.599. The predicted molar refractivity (Wildman–Crippen MR) is 211 cm³/mol. The molecular weight excluding hydrogens is 635 g/mol. The van der Waals surface area contributed by atoms with Crippen LogP contribution in [0.4, 0.5) is 0 Å². The fourth-order valence-corrected chi connectivity index (χ4v) is 7.10. The molecule has 0 fully saturated rings. The Morgan fingerprint density at radius 1 is 0.442 bits per heavy atom. The molecular formula is C47H31N5. The maximum absolute atomic E-state index is 9.85. The maximum atomic E-state index is 9.85. The summed E-state index contributed by atoms with van der Waals surface area (Å²) < 4.78 is 2.31. The number of aromatic nitrogens is 4. The average molecular weight is 666 g/mol. The van der Waals surface area contributed by atoms with E-state index in [4.69, 9.17) is 15.0 Å². The topological polar surface area (TPSA) is 67.4 Å². The number of rotatable bonds is 6. The number of hydrogen-bond donors (Lipinski definition) is 0. The van der Waals surface area contributed by atoms with Crippen LogP contribution in [0, 0.1) is 18.3 Å². The van der Waals surface area contributed by atoms with E-state index in [1.165, 1.54) is 5.56 Å². The standard InChI is InChI=1S/C47H31N5/c1-31-13-12-19-34(27-31)39-25-24-37(29-42(39)47-50-45(32-14-4-2-5-15-32)49-46(51-47)33-16-6-3-7-17-33)52-43-22-11-10-21-40(43)41-28-35(23-26-44(41)52)38-20-9-8-18-36(38)30-48/h2-29H,1H3. The summed E-state index contributed by atoms with van der Waals surface area (Å²) in [5, 5.41) is 12.1. The highest BCUT2D eigenvalue weighted by atomic mass is 15.0. The van der Waals surface area contributed by atoms with Crippen LogP contribution in [0.3, 0.4) is 0 Å². The lowest BCUT2D eigenvalue weighted by atomic mass is 9.97. The Labute approximate surface area is 301 Å². The van der Waals surface area contributed by atoms with Crippen LogP contribution in [-0.2, 0) is 0 Å². The summed E-state index contributed by atoms with van der Waals surface area (Å²) in [5.74, 6) is 1.83.